The van der Waals surface area contributed by atoms with Crippen molar-refractivity contribution in [1.82, 2.24) is 5.32 Å². The number of carbonyl (C=O) groups is 1. The minimum absolute atomic E-state index is 0.0674. The van der Waals surface area contributed by atoms with Crippen LogP contribution in [0.3, 0.4) is 0 Å². The first-order valence-corrected chi connectivity index (χ1v) is 10.1. The summed E-state index contributed by atoms with van der Waals surface area (Å²) < 4.78 is 38.6. The average Bonchev–Trinajstić information content (AvgIpc) is 2.65. The minimum Gasteiger partial charge on any atom is -0.486 e. The first kappa shape index (κ1) is 19.0. The van der Waals surface area contributed by atoms with Crippen LogP contribution in [0.4, 0.5) is 5.69 Å². The van der Waals surface area contributed by atoms with E-state index in [1.807, 2.05) is 13.8 Å². The third-order valence-electron chi connectivity index (χ3n) is 3.89. The van der Waals surface area contributed by atoms with Crippen molar-refractivity contribution in [2.45, 2.75) is 18.7 Å². The average molecular weight is 390 g/mol. The molecule has 0 atom stereocenters. The number of amides is 1. The van der Waals surface area contributed by atoms with E-state index in [1.54, 1.807) is 18.2 Å². The summed E-state index contributed by atoms with van der Waals surface area (Å²) in [5.74, 6) is 1.19. The summed E-state index contributed by atoms with van der Waals surface area (Å²) in [6, 6.07) is 10.7. The van der Waals surface area contributed by atoms with Crippen LogP contribution in [0.1, 0.15) is 24.2 Å². The fourth-order valence-corrected chi connectivity index (χ4v) is 3.55. The van der Waals surface area contributed by atoms with E-state index in [0.29, 0.717) is 48.4 Å². The first-order chi connectivity index (χ1) is 12.8. The molecule has 0 aliphatic carbocycles. The van der Waals surface area contributed by atoms with E-state index in [2.05, 4.69) is 10.0 Å². The molecular weight excluding hydrogens is 368 g/mol. The molecule has 1 amide bonds. The van der Waals surface area contributed by atoms with Crippen molar-refractivity contribution >= 4 is 21.6 Å². The molecule has 0 fully saturated rings. The smallest absolute Gasteiger partial charge is 0.261 e. The summed E-state index contributed by atoms with van der Waals surface area (Å²) in [4.78, 5) is 12.1. The predicted octanol–water partition coefficient (Wildman–Crippen LogP) is 2.64. The lowest BCUT2D eigenvalue weighted by Gasteiger charge is -2.19. The van der Waals surface area contributed by atoms with Crippen LogP contribution in [0, 0.1) is 5.92 Å². The van der Waals surface area contributed by atoms with Crippen LogP contribution in [0.5, 0.6) is 11.5 Å². The summed E-state index contributed by atoms with van der Waals surface area (Å²) in [7, 11) is -3.79. The molecule has 1 aliphatic heterocycles. The van der Waals surface area contributed by atoms with Crippen molar-refractivity contribution in [2.75, 3.05) is 24.5 Å². The lowest BCUT2D eigenvalue weighted by Crippen LogP contribution is -2.27. The maximum Gasteiger partial charge on any atom is 0.261 e. The molecule has 0 bridgehead atoms. The summed E-state index contributed by atoms with van der Waals surface area (Å²) in [5.41, 5.74) is 0.784. The fraction of sp³-hybridized carbons (Fsp3) is 0.316. The summed E-state index contributed by atoms with van der Waals surface area (Å²) in [6.07, 6.45) is 0. The van der Waals surface area contributed by atoms with Crippen molar-refractivity contribution < 1.29 is 22.7 Å². The molecular formula is C19H22N2O5S. The number of hydrogen-bond donors (Lipinski definition) is 2. The Morgan fingerprint density at radius 1 is 1.04 bits per heavy atom. The summed E-state index contributed by atoms with van der Waals surface area (Å²) in [5, 5.41) is 2.80. The molecule has 0 spiro atoms. The van der Waals surface area contributed by atoms with Crippen LogP contribution in [-0.4, -0.2) is 34.1 Å². The second kappa shape index (κ2) is 7.87. The highest BCUT2D eigenvalue weighted by Gasteiger charge is 2.18. The van der Waals surface area contributed by atoms with Gasteiger partial charge in [0.05, 0.1) is 10.6 Å². The van der Waals surface area contributed by atoms with Crippen LogP contribution in [0.2, 0.25) is 0 Å². The van der Waals surface area contributed by atoms with Crippen molar-refractivity contribution in [1.29, 1.82) is 0 Å². The second-order valence-electron chi connectivity index (χ2n) is 6.59. The van der Waals surface area contributed by atoms with Crippen molar-refractivity contribution in [2.24, 2.45) is 5.92 Å². The highest BCUT2D eigenvalue weighted by molar-refractivity contribution is 7.92. The molecule has 1 heterocycles. The van der Waals surface area contributed by atoms with Crippen LogP contribution in [-0.2, 0) is 10.0 Å². The fourth-order valence-electron chi connectivity index (χ4n) is 2.51. The van der Waals surface area contributed by atoms with Gasteiger partial charge in [-0.05, 0) is 42.3 Å². The van der Waals surface area contributed by atoms with E-state index in [9.17, 15) is 13.2 Å². The van der Waals surface area contributed by atoms with Gasteiger partial charge in [-0.15, -0.1) is 0 Å². The van der Waals surface area contributed by atoms with Gasteiger partial charge in [0.2, 0.25) is 0 Å². The molecule has 0 aromatic heterocycles. The first-order valence-electron chi connectivity index (χ1n) is 8.66. The molecule has 1 aliphatic rings. The van der Waals surface area contributed by atoms with Gasteiger partial charge in [0.1, 0.15) is 13.2 Å². The van der Waals surface area contributed by atoms with Crippen LogP contribution in [0.25, 0.3) is 0 Å². The van der Waals surface area contributed by atoms with Gasteiger partial charge in [-0.3, -0.25) is 9.52 Å². The lowest BCUT2D eigenvalue weighted by atomic mass is 10.2. The Morgan fingerprint density at radius 3 is 2.37 bits per heavy atom. The lowest BCUT2D eigenvalue weighted by molar-refractivity contribution is 0.0949. The van der Waals surface area contributed by atoms with E-state index >= 15 is 0 Å². The second-order valence-corrected chi connectivity index (χ2v) is 8.27. The number of ether oxygens (including phenoxy) is 2. The van der Waals surface area contributed by atoms with E-state index in [1.165, 1.54) is 24.3 Å². The third kappa shape index (κ3) is 4.71. The zero-order chi connectivity index (χ0) is 19.4. The number of fused-ring (bicyclic) bond motifs is 1. The maximum absolute atomic E-state index is 12.6. The van der Waals surface area contributed by atoms with Gasteiger partial charge in [0, 0.05) is 18.2 Å². The van der Waals surface area contributed by atoms with Gasteiger partial charge in [-0.1, -0.05) is 13.8 Å². The van der Waals surface area contributed by atoms with Gasteiger partial charge in [-0.25, -0.2) is 8.42 Å². The number of benzene rings is 2. The number of anilines is 1. The Hall–Kier alpha value is -2.74. The molecule has 3 rings (SSSR count). The Labute approximate surface area is 158 Å². The Kier molecular flexibility index (Phi) is 5.55. The van der Waals surface area contributed by atoms with Crippen LogP contribution in [0.15, 0.2) is 47.4 Å². The monoisotopic (exact) mass is 390 g/mol. The maximum atomic E-state index is 12.6. The highest BCUT2D eigenvalue weighted by atomic mass is 32.2. The Balaban J connectivity index is 1.72. The number of hydrogen-bond acceptors (Lipinski definition) is 5. The normalized spacial score (nSPS) is 13.3. The van der Waals surface area contributed by atoms with Crippen molar-refractivity contribution in [3.8, 4) is 11.5 Å². The quantitative estimate of drug-likeness (QED) is 0.791. The number of sulfonamides is 1. The van der Waals surface area contributed by atoms with E-state index in [4.69, 9.17) is 9.47 Å². The van der Waals surface area contributed by atoms with Gasteiger partial charge in [-0.2, -0.15) is 0 Å². The van der Waals surface area contributed by atoms with E-state index in [-0.39, 0.29) is 10.8 Å². The number of rotatable bonds is 6. The minimum atomic E-state index is -3.79. The number of carbonyl (C=O) groups excluding carboxylic acids is 1. The predicted molar refractivity (Wildman–Crippen MR) is 102 cm³/mol. The molecule has 144 valence electrons. The van der Waals surface area contributed by atoms with Gasteiger partial charge in [0.15, 0.2) is 11.5 Å². The zero-order valence-electron chi connectivity index (χ0n) is 15.2. The summed E-state index contributed by atoms with van der Waals surface area (Å²) in [6.45, 7) is 5.45. The zero-order valence-corrected chi connectivity index (χ0v) is 16.0. The molecule has 0 radical (unpaired) electrons. The third-order valence-corrected chi connectivity index (χ3v) is 5.29. The van der Waals surface area contributed by atoms with Crippen molar-refractivity contribution in [3.63, 3.8) is 0 Å². The van der Waals surface area contributed by atoms with Gasteiger partial charge in [0.25, 0.3) is 15.9 Å². The van der Waals surface area contributed by atoms with Crippen LogP contribution >= 0.6 is 0 Å². The molecule has 2 N–H and O–H groups in total. The molecule has 8 heteroatoms. The topological polar surface area (TPSA) is 93.7 Å². The standard InChI is InChI=1S/C19H22N2O5S/c1-13(2)12-20-19(22)14-3-6-16(7-4-14)27(23,24)21-15-5-8-17-18(11-15)26-10-9-25-17/h3-8,11,13,21H,9-10,12H2,1-2H3,(H,20,22). The molecule has 0 saturated carbocycles. The molecule has 2 aromatic carbocycles. The molecule has 7 nitrogen and oxygen atoms in total. The number of nitrogens with one attached hydrogen (secondary N) is 2. The molecule has 0 saturated heterocycles. The Bertz CT molecular complexity index is 924. The Morgan fingerprint density at radius 2 is 1.70 bits per heavy atom. The molecule has 27 heavy (non-hydrogen) atoms. The molecule has 0 unspecified atom stereocenters. The van der Waals surface area contributed by atoms with E-state index in [0.717, 1.165) is 0 Å². The van der Waals surface area contributed by atoms with Crippen LogP contribution < -0.4 is 19.5 Å². The van der Waals surface area contributed by atoms with Gasteiger partial charge < -0.3 is 14.8 Å². The highest BCUT2D eigenvalue weighted by Crippen LogP contribution is 2.33. The van der Waals surface area contributed by atoms with Gasteiger partial charge >= 0.3 is 0 Å². The van der Waals surface area contributed by atoms with Crippen molar-refractivity contribution in [3.05, 3.63) is 48.0 Å². The molecule has 2 aromatic rings. The largest absolute Gasteiger partial charge is 0.486 e. The van der Waals surface area contributed by atoms with E-state index < -0.39 is 10.0 Å². The summed E-state index contributed by atoms with van der Waals surface area (Å²) >= 11 is 0. The SMILES string of the molecule is CC(C)CNC(=O)c1ccc(S(=O)(=O)Nc2ccc3c(c2)OCCO3)cc1.